The van der Waals surface area contributed by atoms with E-state index in [2.05, 4.69) is 45.0 Å². The van der Waals surface area contributed by atoms with E-state index in [9.17, 15) is 5.11 Å². The van der Waals surface area contributed by atoms with Crippen LogP contribution in [0.4, 0.5) is 0 Å². The molecular formula is C25H32O4. The molecule has 3 aromatic carbocycles. The number of aliphatic hydroxyl groups excluding tert-OH is 2. The minimum atomic E-state index is 0.0557. The number of aliphatic hydroxyl groups is 2. The van der Waals surface area contributed by atoms with Gasteiger partial charge in [0, 0.05) is 47.6 Å². The van der Waals surface area contributed by atoms with Crippen molar-refractivity contribution in [2.75, 3.05) is 26.4 Å². The highest BCUT2D eigenvalue weighted by Crippen LogP contribution is 2.44. The SMILES string of the molecule is CCC(C)(C)c1ccc2c(OCCCO)c3ccccc3c(OCCCO)c2c1. The van der Waals surface area contributed by atoms with Crippen LogP contribution in [0.25, 0.3) is 21.5 Å². The maximum atomic E-state index is 9.20. The van der Waals surface area contributed by atoms with Gasteiger partial charge in [0.15, 0.2) is 0 Å². The fourth-order valence-electron chi connectivity index (χ4n) is 3.51. The van der Waals surface area contributed by atoms with E-state index >= 15 is 0 Å². The lowest BCUT2D eigenvalue weighted by molar-refractivity contribution is 0.234. The molecule has 0 aliphatic carbocycles. The lowest BCUT2D eigenvalue weighted by Crippen LogP contribution is -2.15. The second-order valence-corrected chi connectivity index (χ2v) is 8.05. The summed E-state index contributed by atoms with van der Waals surface area (Å²) in [7, 11) is 0. The number of hydrogen-bond acceptors (Lipinski definition) is 4. The molecule has 0 fully saturated rings. The summed E-state index contributed by atoms with van der Waals surface area (Å²) in [4.78, 5) is 0. The Labute approximate surface area is 173 Å². The average molecular weight is 397 g/mol. The molecule has 0 spiro atoms. The topological polar surface area (TPSA) is 58.9 Å². The molecule has 3 aromatic rings. The van der Waals surface area contributed by atoms with Crippen LogP contribution >= 0.6 is 0 Å². The van der Waals surface area contributed by atoms with E-state index in [0.29, 0.717) is 26.1 Å². The number of hydrogen-bond donors (Lipinski definition) is 2. The van der Waals surface area contributed by atoms with Crippen molar-refractivity contribution < 1.29 is 19.7 Å². The molecule has 4 nitrogen and oxygen atoms in total. The van der Waals surface area contributed by atoms with Gasteiger partial charge in [0.25, 0.3) is 0 Å². The molecule has 0 unspecified atom stereocenters. The van der Waals surface area contributed by atoms with Gasteiger partial charge >= 0.3 is 0 Å². The predicted octanol–water partition coefficient (Wildman–Crippen LogP) is 5.20. The van der Waals surface area contributed by atoms with E-state index in [4.69, 9.17) is 14.6 Å². The Hall–Kier alpha value is -2.30. The van der Waals surface area contributed by atoms with Crippen LogP contribution in [-0.2, 0) is 5.41 Å². The van der Waals surface area contributed by atoms with E-state index in [-0.39, 0.29) is 18.6 Å². The predicted molar refractivity (Wildman–Crippen MR) is 119 cm³/mol. The van der Waals surface area contributed by atoms with Gasteiger partial charge in [-0.1, -0.05) is 57.2 Å². The molecule has 0 saturated heterocycles. The van der Waals surface area contributed by atoms with Crippen molar-refractivity contribution >= 4 is 21.5 Å². The van der Waals surface area contributed by atoms with Gasteiger partial charge in [-0.15, -0.1) is 0 Å². The van der Waals surface area contributed by atoms with Gasteiger partial charge in [-0.25, -0.2) is 0 Å². The molecule has 0 saturated carbocycles. The fourth-order valence-corrected chi connectivity index (χ4v) is 3.51. The molecule has 0 bridgehead atoms. The Bertz CT molecular complexity index is 962. The molecule has 4 heteroatoms. The summed E-state index contributed by atoms with van der Waals surface area (Å²) in [6, 6.07) is 14.6. The first-order valence-electron chi connectivity index (χ1n) is 10.5. The molecule has 3 rings (SSSR count). The van der Waals surface area contributed by atoms with Gasteiger partial charge in [0.2, 0.25) is 0 Å². The summed E-state index contributed by atoms with van der Waals surface area (Å²) in [5, 5.41) is 22.4. The maximum absolute atomic E-state index is 9.20. The fraction of sp³-hybridized carbons (Fsp3) is 0.440. The average Bonchev–Trinajstić information content (AvgIpc) is 2.74. The molecule has 29 heavy (non-hydrogen) atoms. The standard InChI is InChI=1S/C25H32O4/c1-4-25(2,3)18-11-12-21-22(17-18)24(29-16-8-14-27)20-10-6-5-9-19(20)23(21)28-15-7-13-26/h5-6,9-12,17,26-27H,4,7-8,13-16H2,1-3H3. The minimum absolute atomic E-state index is 0.0557. The van der Waals surface area contributed by atoms with Gasteiger partial charge in [-0.05, 0) is 23.5 Å². The Balaban J connectivity index is 2.27. The largest absolute Gasteiger partial charge is 0.492 e. The first-order valence-corrected chi connectivity index (χ1v) is 10.5. The van der Waals surface area contributed by atoms with E-state index in [1.165, 1.54) is 5.56 Å². The van der Waals surface area contributed by atoms with Gasteiger partial charge in [-0.3, -0.25) is 0 Å². The third-order valence-corrected chi connectivity index (χ3v) is 5.69. The highest BCUT2D eigenvalue weighted by molar-refractivity contribution is 6.11. The molecule has 156 valence electrons. The smallest absolute Gasteiger partial charge is 0.135 e. The molecule has 0 amide bonds. The van der Waals surface area contributed by atoms with E-state index in [0.717, 1.165) is 39.5 Å². The molecular weight excluding hydrogens is 364 g/mol. The van der Waals surface area contributed by atoms with E-state index < -0.39 is 0 Å². The lowest BCUT2D eigenvalue weighted by Gasteiger charge is -2.25. The third-order valence-electron chi connectivity index (χ3n) is 5.69. The third kappa shape index (κ3) is 4.49. The Morgan fingerprint density at radius 3 is 1.79 bits per heavy atom. The van der Waals surface area contributed by atoms with Crippen LogP contribution in [0.15, 0.2) is 42.5 Å². The van der Waals surface area contributed by atoms with E-state index in [1.807, 2.05) is 18.2 Å². The van der Waals surface area contributed by atoms with Crippen molar-refractivity contribution in [1.82, 2.24) is 0 Å². The van der Waals surface area contributed by atoms with Crippen molar-refractivity contribution in [3.63, 3.8) is 0 Å². The first-order chi connectivity index (χ1) is 14.0. The van der Waals surface area contributed by atoms with Crippen LogP contribution in [0.3, 0.4) is 0 Å². The Kier molecular flexibility index (Phi) is 6.99. The van der Waals surface area contributed by atoms with Crippen LogP contribution in [0, 0.1) is 0 Å². The summed E-state index contributed by atoms with van der Waals surface area (Å²) in [5.41, 5.74) is 1.32. The molecule has 0 atom stereocenters. The van der Waals surface area contributed by atoms with Gasteiger partial charge in [0.1, 0.15) is 11.5 Å². The van der Waals surface area contributed by atoms with Crippen LogP contribution in [0.5, 0.6) is 11.5 Å². The molecule has 0 heterocycles. The summed E-state index contributed by atoms with van der Waals surface area (Å²) >= 11 is 0. The van der Waals surface area contributed by atoms with Crippen molar-refractivity contribution in [1.29, 1.82) is 0 Å². The second kappa shape index (κ2) is 9.47. The summed E-state index contributed by atoms with van der Waals surface area (Å²) in [6.07, 6.45) is 2.21. The van der Waals surface area contributed by atoms with Crippen molar-refractivity contribution in [3.05, 3.63) is 48.0 Å². The summed E-state index contributed by atoms with van der Waals surface area (Å²) < 4.78 is 12.3. The maximum Gasteiger partial charge on any atom is 0.135 e. The minimum Gasteiger partial charge on any atom is -0.492 e. The number of rotatable bonds is 10. The zero-order chi connectivity index (χ0) is 20.9. The Morgan fingerprint density at radius 2 is 1.28 bits per heavy atom. The normalized spacial score (nSPS) is 11.9. The first kappa shape index (κ1) is 21.4. The van der Waals surface area contributed by atoms with Crippen molar-refractivity contribution in [2.45, 2.75) is 45.4 Å². The monoisotopic (exact) mass is 396 g/mol. The highest BCUT2D eigenvalue weighted by Gasteiger charge is 2.22. The molecule has 0 aliphatic rings. The second-order valence-electron chi connectivity index (χ2n) is 8.05. The molecule has 0 aromatic heterocycles. The number of benzene rings is 3. The zero-order valence-corrected chi connectivity index (χ0v) is 17.7. The number of ether oxygens (including phenoxy) is 2. The lowest BCUT2D eigenvalue weighted by atomic mass is 9.81. The van der Waals surface area contributed by atoms with Crippen LogP contribution < -0.4 is 9.47 Å². The van der Waals surface area contributed by atoms with Gasteiger partial charge in [0.05, 0.1) is 13.2 Å². The summed E-state index contributed by atoms with van der Waals surface area (Å²) in [6.45, 7) is 7.83. The van der Waals surface area contributed by atoms with Gasteiger partial charge in [-0.2, -0.15) is 0 Å². The van der Waals surface area contributed by atoms with Crippen molar-refractivity contribution in [2.24, 2.45) is 0 Å². The highest BCUT2D eigenvalue weighted by atomic mass is 16.5. The van der Waals surface area contributed by atoms with Crippen molar-refractivity contribution in [3.8, 4) is 11.5 Å². The Morgan fingerprint density at radius 1 is 0.759 bits per heavy atom. The quantitative estimate of drug-likeness (QED) is 0.365. The van der Waals surface area contributed by atoms with Crippen LogP contribution in [0.2, 0.25) is 0 Å². The number of fused-ring (bicyclic) bond motifs is 2. The van der Waals surface area contributed by atoms with E-state index in [1.54, 1.807) is 0 Å². The molecule has 0 aliphatic heterocycles. The summed E-state index contributed by atoms with van der Waals surface area (Å²) in [5.74, 6) is 1.67. The van der Waals surface area contributed by atoms with Crippen LogP contribution in [-0.4, -0.2) is 36.6 Å². The molecule has 2 N–H and O–H groups in total. The molecule has 0 radical (unpaired) electrons. The van der Waals surface area contributed by atoms with Gasteiger partial charge < -0.3 is 19.7 Å². The zero-order valence-electron chi connectivity index (χ0n) is 17.7. The van der Waals surface area contributed by atoms with Crippen LogP contribution in [0.1, 0.15) is 45.6 Å².